The van der Waals surface area contributed by atoms with E-state index in [-0.39, 0.29) is 52.8 Å². The standard InChI is InChI=1S/C30H42F3NO6S/c1-6-26(4)13-21(27(5)15(2)12-29-20(36)9-10-28(29,24(27)29)16(3)23(26)38)40-22(37)14-41-19-8-7-17(11-18(19)35)34-25(39)30(31,32)33/h6,15-19,21,23-24,35,38H,1,7-14H2,2-5H3,(H,34,39)/t15?,16-,17+,18+,19+,21+,23-,24-,26+,27-,28?,29+/m0/s1. The number of Topliss-reactive ketones (excluding diaryl/α,β-unsaturated/α-hetero) is 1. The number of ketones is 1. The van der Waals surface area contributed by atoms with Crippen LogP contribution in [0, 0.1) is 39.4 Å². The van der Waals surface area contributed by atoms with Crippen LogP contribution in [0.5, 0.6) is 0 Å². The number of hydrogen-bond donors (Lipinski definition) is 3. The first-order valence-corrected chi connectivity index (χ1v) is 15.8. The molecule has 5 rings (SSSR count). The van der Waals surface area contributed by atoms with Crippen LogP contribution in [0.3, 0.4) is 0 Å². The molecule has 3 N–H and O–H groups in total. The lowest BCUT2D eigenvalue weighted by atomic mass is 9.57. The molecule has 0 aliphatic heterocycles. The van der Waals surface area contributed by atoms with E-state index in [1.807, 2.05) is 12.2 Å². The Kier molecular flexibility index (Phi) is 7.51. The van der Waals surface area contributed by atoms with Gasteiger partial charge in [-0.15, -0.1) is 18.3 Å². The minimum atomic E-state index is -4.98. The Morgan fingerprint density at radius 2 is 1.88 bits per heavy atom. The van der Waals surface area contributed by atoms with Crippen LogP contribution in [0.1, 0.15) is 72.6 Å². The zero-order valence-corrected chi connectivity index (χ0v) is 24.9. The molecular formula is C30H42F3NO6S. The molecule has 7 nitrogen and oxygen atoms in total. The SMILES string of the molecule is C=C[C@]1(C)C[C@@H](OC(=O)CS[C@@H]2CC[C@@H](NC(=O)C(F)(F)F)C[C@H]2O)[C@]2(C)C(C)C[C@]34C(=O)CCC3([C@H]24)[C@@H](C)[C@@H]1O. The number of amides is 1. The van der Waals surface area contributed by atoms with Gasteiger partial charge in [-0.05, 0) is 61.7 Å². The quantitative estimate of drug-likeness (QED) is 0.309. The highest BCUT2D eigenvalue weighted by Gasteiger charge is 2.92. The number of aliphatic hydroxyl groups excluding tert-OH is 2. The monoisotopic (exact) mass is 601 g/mol. The first-order chi connectivity index (χ1) is 19.0. The van der Waals surface area contributed by atoms with E-state index in [1.165, 1.54) is 11.8 Å². The summed E-state index contributed by atoms with van der Waals surface area (Å²) in [6.07, 6.45) is -2.55. The van der Waals surface area contributed by atoms with Gasteiger partial charge in [-0.1, -0.05) is 33.8 Å². The molecule has 0 bridgehead atoms. The van der Waals surface area contributed by atoms with Crippen molar-refractivity contribution in [1.82, 2.24) is 5.32 Å². The first-order valence-electron chi connectivity index (χ1n) is 14.7. The summed E-state index contributed by atoms with van der Waals surface area (Å²) in [5.41, 5.74) is -1.97. The number of thioether (sulfide) groups is 1. The maximum Gasteiger partial charge on any atom is 0.471 e. The second-order valence-corrected chi connectivity index (χ2v) is 15.1. The topological polar surface area (TPSA) is 113 Å². The molecule has 230 valence electrons. The van der Waals surface area contributed by atoms with E-state index >= 15 is 0 Å². The number of nitrogens with one attached hydrogen (secondary N) is 1. The minimum Gasteiger partial charge on any atom is -0.461 e. The lowest BCUT2D eigenvalue weighted by molar-refractivity contribution is -0.174. The summed E-state index contributed by atoms with van der Waals surface area (Å²) in [6, 6.07) is -0.785. The van der Waals surface area contributed by atoms with Gasteiger partial charge in [-0.25, -0.2) is 0 Å². The Morgan fingerprint density at radius 3 is 2.49 bits per heavy atom. The van der Waals surface area contributed by atoms with Gasteiger partial charge in [0.1, 0.15) is 11.9 Å². The largest absolute Gasteiger partial charge is 0.471 e. The highest BCUT2D eigenvalue weighted by molar-refractivity contribution is 8.00. The predicted molar refractivity (Wildman–Crippen MR) is 147 cm³/mol. The second-order valence-electron chi connectivity index (χ2n) is 13.9. The molecule has 1 amide bonds. The third kappa shape index (κ3) is 4.33. The number of ether oxygens (including phenoxy) is 1. The van der Waals surface area contributed by atoms with Gasteiger partial charge in [-0.3, -0.25) is 14.4 Å². The van der Waals surface area contributed by atoms with Gasteiger partial charge in [0, 0.05) is 34.0 Å². The lowest BCUT2D eigenvalue weighted by Gasteiger charge is -2.51. The minimum absolute atomic E-state index is 0.0274. The molecule has 0 saturated heterocycles. The van der Waals surface area contributed by atoms with E-state index in [9.17, 15) is 37.8 Å². The van der Waals surface area contributed by atoms with Gasteiger partial charge in [-0.2, -0.15) is 13.2 Å². The summed E-state index contributed by atoms with van der Waals surface area (Å²) in [5, 5.41) is 23.7. The zero-order valence-electron chi connectivity index (χ0n) is 24.1. The molecule has 41 heavy (non-hydrogen) atoms. The second kappa shape index (κ2) is 9.97. The number of esters is 1. The summed E-state index contributed by atoms with van der Waals surface area (Å²) in [6.45, 7) is 12.3. The van der Waals surface area contributed by atoms with Crippen LogP contribution in [0.2, 0.25) is 0 Å². The lowest BCUT2D eigenvalue weighted by Crippen LogP contribution is -2.53. The van der Waals surface area contributed by atoms with Crippen LogP contribution in [0.15, 0.2) is 12.7 Å². The number of carbonyl (C=O) groups excluding carboxylic acids is 3. The van der Waals surface area contributed by atoms with Crippen molar-refractivity contribution in [3.05, 3.63) is 12.7 Å². The van der Waals surface area contributed by atoms with Gasteiger partial charge in [0.25, 0.3) is 0 Å². The van der Waals surface area contributed by atoms with Crippen LogP contribution in [-0.2, 0) is 19.1 Å². The third-order valence-corrected chi connectivity index (χ3v) is 13.5. The smallest absolute Gasteiger partial charge is 0.461 e. The Bertz CT molecular complexity index is 1130. The van der Waals surface area contributed by atoms with Crippen molar-refractivity contribution >= 4 is 29.4 Å². The van der Waals surface area contributed by atoms with Crippen molar-refractivity contribution in [1.29, 1.82) is 0 Å². The molecular weight excluding hydrogens is 559 g/mol. The summed E-state index contributed by atoms with van der Waals surface area (Å²) in [7, 11) is 0. The van der Waals surface area contributed by atoms with Gasteiger partial charge in [0.2, 0.25) is 0 Å². The van der Waals surface area contributed by atoms with Crippen molar-refractivity contribution in [2.75, 3.05) is 5.75 Å². The molecule has 2 unspecified atom stereocenters. The molecule has 5 aliphatic rings. The number of halogens is 3. The first kappa shape index (κ1) is 30.9. The summed E-state index contributed by atoms with van der Waals surface area (Å²) in [5.74, 6) is -2.19. The van der Waals surface area contributed by atoms with Crippen molar-refractivity contribution < 1.29 is 42.5 Å². The normalized spacial score (nSPS) is 48.9. The van der Waals surface area contributed by atoms with E-state index in [4.69, 9.17) is 4.74 Å². The molecule has 0 aromatic heterocycles. The maximum absolute atomic E-state index is 13.4. The fourth-order valence-corrected chi connectivity index (χ4v) is 11.0. The van der Waals surface area contributed by atoms with Crippen molar-refractivity contribution in [3.8, 4) is 0 Å². The Labute approximate surface area is 243 Å². The van der Waals surface area contributed by atoms with E-state index < -0.39 is 58.7 Å². The van der Waals surface area contributed by atoms with E-state index in [1.54, 1.807) is 6.08 Å². The number of carbonyl (C=O) groups is 3. The van der Waals surface area contributed by atoms with Crippen LogP contribution in [0.25, 0.3) is 0 Å². The average Bonchev–Trinajstić information content (AvgIpc) is 3.27. The Hall–Kier alpha value is -1.59. The number of rotatable bonds is 6. The molecule has 0 heterocycles. The van der Waals surface area contributed by atoms with Crippen molar-refractivity contribution in [2.24, 2.45) is 39.4 Å². The summed E-state index contributed by atoms with van der Waals surface area (Å²) < 4.78 is 44.0. The zero-order chi connectivity index (χ0) is 30.3. The molecule has 0 aromatic carbocycles. The molecule has 5 fully saturated rings. The van der Waals surface area contributed by atoms with Gasteiger partial charge in [0.05, 0.1) is 18.0 Å². The molecule has 11 heteroatoms. The predicted octanol–water partition coefficient (Wildman–Crippen LogP) is 4.20. The molecule has 0 aromatic rings. The Balaban J connectivity index is 1.29. The van der Waals surface area contributed by atoms with Crippen molar-refractivity contribution in [2.45, 2.75) is 108 Å². The van der Waals surface area contributed by atoms with E-state index in [0.29, 0.717) is 19.3 Å². The average molecular weight is 602 g/mol. The molecule has 5 aliphatic carbocycles. The van der Waals surface area contributed by atoms with E-state index in [0.717, 1.165) is 12.8 Å². The molecule has 12 atom stereocenters. The van der Waals surface area contributed by atoms with Crippen molar-refractivity contribution in [3.63, 3.8) is 0 Å². The molecule has 0 radical (unpaired) electrons. The van der Waals surface area contributed by atoms with E-state index in [2.05, 4.69) is 27.4 Å². The molecule has 2 spiro atoms. The summed E-state index contributed by atoms with van der Waals surface area (Å²) >= 11 is 1.21. The molecule has 5 saturated carbocycles. The van der Waals surface area contributed by atoms with Crippen LogP contribution in [-0.4, -0.2) is 69.4 Å². The van der Waals surface area contributed by atoms with Crippen LogP contribution >= 0.6 is 11.8 Å². The Morgan fingerprint density at radius 1 is 1.20 bits per heavy atom. The van der Waals surface area contributed by atoms with Crippen LogP contribution in [0.4, 0.5) is 13.2 Å². The summed E-state index contributed by atoms with van der Waals surface area (Å²) in [4.78, 5) is 38.0. The maximum atomic E-state index is 13.4. The highest BCUT2D eigenvalue weighted by Crippen LogP contribution is 2.91. The van der Waals surface area contributed by atoms with Gasteiger partial charge >= 0.3 is 18.1 Å². The fraction of sp³-hybridized carbons (Fsp3) is 0.833. The third-order valence-electron chi connectivity index (χ3n) is 12.1. The highest BCUT2D eigenvalue weighted by atomic mass is 32.2. The fourth-order valence-electron chi connectivity index (χ4n) is 9.90. The number of alkyl halides is 3. The number of aliphatic hydroxyl groups is 2. The van der Waals surface area contributed by atoms with Gasteiger partial charge in [0.15, 0.2) is 0 Å². The number of hydrogen-bond acceptors (Lipinski definition) is 7. The van der Waals surface area contributed by atoms with Gasteiger partial charge < -0.3 is 20.3 Å². The van der Waals surface area contributed by atoms with Crippen LogP contribution < -0.4 is 5.32 Å².